The Morgan fingerprint density at radius 3 is 2.40 bits per heavy atom. The molecule has 0 radical (unpaired) electrons. The molecule has 0 aliphatic carbocycles. The van der Waals surface area contributed by atoms with Gasteiger partial charge < -0.3 is 15.0 Å². The van der Waals surface area contributed by atoms with E-state index in [-0.39, 0.29) is 0 Å². The number of likely N-dealkylation sites (tertiary alicyclic amines) is 1. The molecule has 3 aliphatic heterocycles. The number of hydrogen-bond acceptors (Lipinski definition) is 4. The van der Waals surface area contributed by atoms with E-state index in [0.29, 0.717) is 0 Å². The van der Waals surface area contributed by atoms with Gasteiger partial charge in [-0.05, 0) is 57.2 Å². The van der Waals surface area contributed by atoms with Crippen LogP contribution in [0.4, 0.5) is 0 Å². The first-order valence-electron chi connectivity index (χ1n) is 8.63. The van der Waals surface area contributed by atoms with Crippen LogP contribution in [0, 0.1) is 11.8 Å². The first-order valence-corrected chi connectivity index (χ1v) is 8.63. The Morgan fingerprint density at radius 2 is 1.60 bits per heavy atom. The lowest BCUT2D eigenvalue weighted by Crippen LogP contribution is -2.46. The van der Waals surface area contributed by atoms with E-state index in [1.807, 2.05) is 0 Å². The number of nitrogens with one attached hydrogen (secondary N) is 1. The average Bonchev–Trinajstić information content (AvgIpc) is 2.50. The highest BCUT2D eigenvalue weighted by molar-refractivity contribution is 4.80. The summed E-state index contributed by atoms with van der Waals surface area (Å²) >= 11 is 0. The molecule has 3 aliphatic rings. The van der Waals surface area contributed by atoms with E-state index in [0.717, 1.165) is 38.1 Å². The monoisotopic (exact) mass is 281 g/mol. The maximum absolute atomic E-state index is 5.45. The molecule has 0 amide bonds. The summed E-state index contributed by atoms with van der Waals surface area (Å²) in [5.74, 6) is 1.84. The molecule has 4 heteroatoms. The Labute approximate surface area is 123 Å². The second kappa shape index (κ2) is 7.74. The van der Waals surface area contributed by atoms with Crippen LogP contribution in [0.3, 0.4) is 0 Å². The lowest BCUT2D eigenvalue weighted by Gasteiger charge is -2.38. The fourth-order valence-electron chi connectivity index (χ4n) is 4.04. The normalized spacial score (nSPS) is 31.5. The van der Waals surface area contributed by atoms with Crippen molar-refractivity contribution in [3.8, 4) is 0 Å². The van der Waals surface area contributed by atoms with E-state index in [4.69, 9.17) is 4.74 Å². The maximum atomic E-state index is 5.45. The number of ether oxygens (including phenoxy) is 1. The van der Waals surface area contributed by atoms with Gasteiger partial charge in [0.2, 0.25) is 0 Å². The van der Waals surface area contributed by atoms with Gasteiger partial charge in [0.05, 0.1) is 13.2 Å². The van der Waals surface area contributed by atoms with Gasteiger partial charge in [-0.3, -0.25) is 4.90 Å². The Kier molecular flexibility index (Phi) is 5.71. The van der Waals surface area contributed by atoms with Crippen LogP contribution >= 0.6 is 0 Å². The molecule has 116 valence electrons. The minimum absolute atomic E-state index is 0.892. The van der Waals surface area contributed by atoms with Gasteiger partial charge >= 0.3 is 0 Å². The third-order valence-electron chi connectivity index (χ3n) is 5.20. The molecule has 3 fully saturated rings. The molecule has 0 aromatic rings. The van der Waals surface area contributed by atoms with Gasteiger partial charge in [0.15, 0.2) is 0 Å². The molecular formula is C16H31N3O. The van der Waals surface area contributed by atoms with Crippen LogP contribution < -0.4 is 5.32 Å². The third kappa shape index (κ3) is 4.42. The van der Waals surface area contributed by atoms with Crippen molar-refractivity contribution in [1.82, 2.24) is 15.1 Å². The average molecular weight is 281 g/mol. The van der Waals surface area contributed by atoms with Crippen molar-refractivity contribution in [3.05, 3.63) is 0 Å². The minimum Gasteiger partial charge on any atom is -0.379 e. The molecule has 0 spiro atoms. The first kappa shape index (κ1) is 14.8. The molecule has 1 N–H and O–H groups in total. The van der Waals surface area contributed by atoms with Crippen LogP contribution in [-0.2, 0) is 4.74 Å². The molecular weight excluding hydrogens is 250 g/mol. The number of piperidine rings is 2. The molecule has 0 saturated carbocycles. The fourth-order valence-corrected chi connectivity index (χ4v) is 4.04. The van der Waals surface area contributed by atoms with Gasteiger partial charge in [0, 0.05) is 32.7 Å². The topological polar surface area (TPSA) is 27.7 Å². The third-order valence-corrected chi connectivity index (χ3v) is 5.20. The van der Waals surface area contributed by atoms with Crippen molar-refractivity contribution < 1.29 is 4.74 Å². The van der Waals surface area contributed by atoms with Crippen LogP contribution in [-0.4, -0.2) is 75.4 Å². The van der Waals surface area contributed by atoms with E-state index < -0.39 is 0 Å². The van der Waals surface area contributed by atoms with Crippen LogP contribution in [0.1, 0.15) is 25.7 Å². The van der Waals surface area contributed by atoms with Gasteiger partial charge in [-0.2, -0.15) is 0 Å². The van der Waals surface area contributed by atoms with Crippen LogP contribution in [0.15, 0.2) is 0 Å². The predicted molar refractivity (Wildman–Crippen MR) is 82.0 cm³/mol. The van der Waals surface area contributed by atoms with Crippen LogP contribution in [0.5, 0.6) is 0 Å². The Morgan fingerprint density at radius 1 is 0.850 bits per heavy atom. The molecule has 0 bridgehead atoms. The summed E-state index contributed by atoms with van der Waals surface area (Å²) in [6.07, 6.45) is 5.59. The second-order valence-electron chi connectivity index (χ2n) is 6.87. The van der Waals surface area contributed by atoms with Crippen molar-refractivity contribution in [1.29, 1.82) is 0 Å². The Balaban J connectivity index is 1.41. The van der Waals surface area contributed by atoms with Crippen molar-refractivity contribution in [3.63, 3.8) is 0 Å². The largest absolute Gasteiger partial charge is 0.379 e. The van der Waals surface area contributed by atoms with Crippen molar-refractivity contribution in [2.24, 2.45) is 11.8 Å². The van der Waals surface area contributed by atoms with E-state index in [1.54, 1.807) is 0 Å². The number of morpholine rings is 1. The van der Waals surface area contributed by atoms with Gasteiger partial charge in [-0.25, -0.2) is 0 Å². The van der Waals surface area contributed by atoms with E-state index in [1.165, 1.54) is 65.0 Å². The highest BCUT2D eigenvalue weighted by atomic mass is 16.5. The first-order chi connectivity index (χ1) is 9.90. The summed E-state index contributed by atoms with van der Waals surface area (Å²) in [5, 5.41) is 3.48. The number of hydrogen-bond donors (Lipinski definition) is 1. The molecule has 4 nitrogen and oxygen atoms in total. The fraction of sp³-hybridized carbons (Fsp3) is 1.00. The van der Waals surface area contributed by atoms with Crippen LogP contribution in [0.2, 0.25) is 0 Å². The molecule has 3 rings (SSSR count). The van der Waals surface area contributed by atoms with Gasteiger partial charge in [0.1, 0.15) is 0 Å². The molecule has 1 atom stereocenters. The maximum Gasteiger partial charge on any atom is 0.0594 e. The zero-order valence-corrected chi connectivity index (χ0v) is 12.9. The van der Waals surface area contributed by atoms with Crippen molar-refractivity contribution in [2.75, 3.05) is 65.6 Å². The summed E-state index contributed by atoms with van der Waals surface area (Å²) in [4.78, 5) is 5.37. The van der Waals surface area contributed by atoms with E-state index >= 15 is 0 Å². The quantitative estimate of drug-likeness (QED) is 0.833. The lowest BCUT2D eigenvalue weighted by atomic mass is 9.93. The standard InChI is InChI=1S/C16H31N3O/c1-2-16(13-18-8-10-20-11-9-18)14-19(7-1)12-15-3-5-17-6-4-15/h15-17H,1-14H2/t16-/m1/s1. The van der Waals surface area contributed by atoms with Crippen molar-refractivity contribution >= 4 is 0 Å². The molecule has 0 aromatic carbocycles. The smallest absolute Gasteiger partial charge is 0.0594 e. The molecule has 20 heavy (non-hydrogen) atoms. The number of nitrogens with zero attached hydrogens (tertiary/aromatic N) is 2. The van der Waals surface area contributed by atoms with Gasteiger partial charge in [-0.15, -0.1) is 0 Å². The van der Waals surface area contributed by atoms with Crippen molar-refractivity contribution in [2.45, 2.75) is 25.7 Å². The van der Waals surface area contributed by atoms with Gasteiger partial charge in [0.25, 0.3) is 0 Å². The predicted octanol–water partition coefficient (Wildman–Crippen LogP) is 1.03. The minimum atomic E-state index is 0.892. The zero-order valence-electron chi connectivity index (χ0n) is 12.9. The molecule has 3 saturated heterocycles. The van der Waals surface area contributed by atoms with E-state index in [2.05, 4.69) is 15.1 Å². The Hall–Kier alpha value is -0.160. The molecule has 0 aromatic heterocycles. The second-order valence-corrected chi connectivity index (χ2v) is 6.87. The highest BCUT2D eigenvalue weighted by Gasteiger charge is 2.25. The summed E-state index contributed by atoms with van der Waals surface area (Å²) in [6, 6.07) is 0. The molecule has 0 unspecified atom stereocenters. The summed E-state index contributed by atoms with van der Waals surface area (Å²) in [7, 11) is 0. The summed E-state index contributed by atoms with van der Waals surface area (Å²) < 4.78 is 5.45. The summed E-state index contributed by atoms with van der Waals surface area (Å²) in [5.41, 5.74) is 0. The SMILES string of the molecule is C1C[C@H](CN2CCOCC2)CN(CC2CCNCC2)C1. The Bertz CT molecular complexity index is 249. The molecule has 3 heterocycles. The highest BCUT2D eigenvalue weighted by Crippen LogP contribution is 2.21. The van der Waals surface area contributed by atoms with Crippen LogP contribution in [0.25, 0.3) is 0 Å². The zero-order chi connectivity index (χ0) is 13.6. The lowest BCUT2D eigenvalue weighted by molar-refractivity contribution is 0.0216. The van der Waals surface area contributed by atoms with E-state index in [9.17, 15) is 0 Å². The summed E-state index contributed by atoms with van der Waals surface area (Å²) in [6.45, 7) is 11.9. The number of rotatable bonds is 4. The van der Waals surface area contributed by atoms with Gasteiger partial charge in [-0.1, -0.05) is 0 Å².